The minimum Gasteiger partial charge on any atom is -0.493 e. The first-order chi connectivity index (χ1) is 13.9. The van der Waals surface area contributed by atoms with Gasteiger partial charge in [-0.15, -0.1) is 0 Å². The Balaban J connectivity index is 1.76. The highest BCUT2D eigenvalue weighted by Gasteiger charge is 2.23. The molecule has 8 heteroatoms. The second kappa shape index (κ2) is 11.1. The van der Waals surface area contributed by atoms with Crippen molar-refractivity contribution in [2.45, 2.75) is 38.6 Å². The number of ether oxygens (including phenoxy) is 3. The zero-order chi connectivity index (χ0) is 21.2. The molecule has 2 rings (SSSR count). The fourth-order valence-corrected chi connectivity index (χ4v) is 3.20. The van der Waals surface area contributed by atoms with Crippen molar-refractivity contribution in [2.75, 3.05) is 20.8 Å². The van der Waals surface area contributed by atoms with Gasteiger partial charge in [-0.05, 0) is 42.5 Å². The van der Waals surface area contributed by atoms with E-state index in [0.29, 0.717) is 23.0 Å². The molecule has 0 bridgehead atoms. The van der Waals surface area contributed by atoms with Crippen LogP contribution in [0.5, 0.6) is 11.5 Å². The SMILES string of the molecule is COc1ccc(/C=C/C(=O)OCC(=O)NC(=O)N[C@H]2CCCC[C@@H]2C)cc1OC. The Bertz CT molecular complexity index is 762. The van der Waals surface area contributed by atoms with Gasteiger partial charge in [0.2, 0.25) is 0 Å². The summed E-state index contributed by atoms with van der Waals surface area (Å²) in [6, 6.07) is 4.65. The number of hydrogen-bond acceptors (Lipinski definition) is 6. The Hall–Kier alpha value is -3.03. The highest BCUT2D eigenvalue weighted by molar-refractivity contribution is 5.96. The molecule has 1 aliphatic carbocycles. The second-order valence-electron chi connectivity index (χ2n) is 6.95. The fourth-order valence-electron chi connectivity index (χ4n) is 3.20. The first-order valence-corrected chi connectivity index (χ1v) is 9.60. The largest absolute Gasteiger partial charge is 0.493 e. The predicted octanol–water partition coefficient (Wildman–Crippen LogP) is 2.66. The third-order valence-corrected chi connectivity index (χ3v) is 4.85. The summed E-state index contributed by atoms with van der Waals surface area (Å²) in [6.45, 7) is 1.54. The van der Waals surface area contributed by atoms with Crippen LogP contribution in [0.2, 0.25) is 0 Å². The smallest absolute Gasteiger partial charge is 0.331 e. The maximum Gasteiger partial charge on any atom is 0.331 e. The molecule has 0 spiro atoms. The van der Waals surface area contributed by atoms with Gasteiger partial charge in [-0.1, -0.05) is 25.8 Å². The van der Waals surface area contributed by atoms with Crippen molar-refractivity contribution >= 4 is 24.0 Å². The third-order valence-electron chi connectivity index (χ3n) is 4.85. The van der Waals surface area contributed by atoms with Gasteiger partial charge in [0.15, 0.2) is 18.1 Å². The summed E-state index contributed by atoms with van der Waals surface area (Å²) in [5.41, 5.74) is 0.699. The number of esters is 1. The van der Waals surface area contributed by atoms with Crippen LogP contribution in [0.15, 0.2) is 24.3 Å². The molecule has 29 heavy (non-hydrogen) atoms. The lowest BCUT2D eigenvalue weighted by atomic mass is 9.86. The zero-order valence-electron chi connectivity index (χ0n) is 17.0. The molecule has 2 atom stereocenters. The molecule has 1 aliphatic rings. The standard InChI is InChI=1S/C21H28N2O6/c1-14-6-4-5-7-16(14)22-21(26)23-19(24)13-29-20(25)11-9-15-8-10-17(27-2)18(12-15)28-3/h8-12,14,16H,4-7,13H2,1-3H3,(H2,22,23,24,26)/b11-9+/t14-,16-/m0/s1. The van der Waals surface area contributed by atoms with Gasteiger partial charge in [0.05, 0.1) is 14.2 Å². The molecule has 0 unspecified atom stereocenters. The molecule has 0 aromatic heterocycles. The second-order valence-corrected chi connectivity index (χ2v) is 6.95. The van der Waals surface area contributed by atoms with Crippen molar-refractivity contribution in [3.05, 3.63) is 29.8 Å². The summed E-state index contributed by atoms with van der Waals surface area (Å²) in [5.74, 6) is 0.102. The van der Waals surface area contributed by atoms with Crippen LogP contribution in [0, 0.1) is 5.92 Å². The lowest BCUT2D eigenvalue weighted by Crippen LogP contribution is -2.48. The molecular weight excluding hydrogens is 376 g/mol. The fraction of sp³-hybridized carbons (Fsp3) is 0.476. The van der Waals surface area contributed by atoms with Crippen LogP contribution in [0.25, 0.3) is 6.08 Å². The number of hydrogen-bond donors (Lipinski definition) is 2. The van der Waals surface area contributed by atoms with Gasteiger partial charge in [-0.3, -0.25) is 10.1 Å². The molecule has 158 valence electrons. The molecule has 3 amide bonds. The predicted molar refractivity (Wildman–Crippen MR) is 108 cm³/mol. The molecule has 1 saturated carbocycles. The van der Waals surface area contributed by atoms with E-state index < -0.39 is 24.5 Å². The Morgan fingerprint density at radius 1 is 1.10 bits per heavy atom. The van der Waals surface area contributed by atoms with E-state index in [9.17, 15) is 14.4 Å². The maximum atomic E-state index is 11.9. The molecule has 8 nitrogen and oxygen atoms in total. The number of urea groups is 1. The Kier molecular flexibility index (Phi) is 8.51. The lowest BCUT2D eigenvalue weighted by molar-refractivity contribution is -0.143. The van der Waals surface area contributed by atoms with Crippen molar-refractivity contribution < 1.29 is 28.6 Å². The van der Waals surface area contributed by atoms with E-state index in [-0.39, 0.29) is 6.04 Å². The third kappa shape index (κ3) is 7.14. The van der Waals surface area contributed by atoms with Gasteiger partial charge in [0, 0.05) is 12.1 Å². The molecule has 0 heterocycles. The van der Waals surface area contributed by atoms with Gasteiger partial charge in [0.25, 0.3) is 5.91 Å². The van der Waals surface area contributed by atoms with Gasteiger partial charge < -0.3 is 19.5 Å². The van der Waals surface area contributed by atoms with E-state index in [0.717, 1.165) is 25.7 Å². The topological polar surface area (TPSA) is 103 Å². The Morgan fingerprint density at radius 3 is 2.52 bits per heavy atom. The number of benzene rings is 1. The average molecular weight is 404 g/mol. The summed E-state index contributed by atoms with van der Waals surface area (Å²) >= 11 is 0. The number of rotatable bonds is 7. The van der Waals surface area contributed by atoms with Crippen LogP contribution in [-0.4, -0.2) is 44.8 Å². The minimum absolute atomic E-state index is 0.0588. The quantitative estimate of drug-likeness (QED) is 0.535. The summed E-state index contributed by atoms with van der Waals surface area (Å²) in [5, 5.41) is 4.99. The summed E-state index contributed by atoms with van der Waals surface area (Å²) < 4.78 is 15.2. The van der Waals surface area contributed by atoms with Crippen LogP contribution < -0.4 is 20.1 Å². The van der Waals surface area contributed by atoms with E-state index in [2.05, 4.69) is 17.6 Å². The number of amides is 3. The molecular formula is C21H28N2O6. The summed E-state index contributed by atoms with van der Waals surface area (Å²) in [7, 11) is 3.05. The number of imide groups is 1. The number of methoxy groups -OCH3 is 2. The molecule has 1 aromatic rings. The van der Waals surface area contributed by atoms with Crippen LogP contribution >= 0.6 is 0 Å². The van der Waals surface area contributed by atoms with E-state index in [1.165, 1.54) is 26.4 Å². The molecule has 1 fully saturated rings. The van der Waals surface area contributed by atoms with Crippen LogP contribution in [-0.2, 0) is 14.3 Å². The monoisotopic (exact) mass is 404 g/mol. The molecule has 0 aliphatic heterocycles. The van der Waals surface area contributed by atoms with E-state index in [1.54, 1.807) is 18.2 Å². The van der Waals surface area contributed by atoms with Crippen molar-refractivity contribution in [1.82, 2.24) is 10.6 Å². The van der Waals surface area contributed by atoms with E-state index >= 15 is 0 Å². The number of carbonyl (C=O) groups is 3. The lowest BCUT2D eigenvalue weighted by Gasteiger charge is -2.29. The number of carbonyl (C=O) groups excluding carboxylic acids is 3. The van der Waals surface area contributed by atoms with Crippen molar-refractivity contribution in [1.29, 1.82) is 0 Å². The van der Waals surface area contributed by atoms with E-state index in [4.69, 9.17) is 14.2 Å². The Morgan fingerprint density at radius 2 is 1.83 bits per heavy atom. The van der Waals surface area contributed by atoms with Crippen LogP contribution in [0.3, 0.4) is 0 Å². The van der Waals surface area contributed by atoms with E-state index in [1.807, 2.05) is 0 Å². The number of nitrogens with one attached hydrogen (secondary N) is 2. The maximum absolute atomic E-state index is 11.9. The van der Waals surface area contributed by atoms with Crippen LogP contribution in [0.4, 0.5) is 4.79 Å². The summed E-state index contributed by atoms with van der Waals surface area (Å²) in [4.78, 5) is 35.5. The average Bonchev–Trinajstić information content (AvgIpc) is 2.72. The Labute approximate surface area is 170 Å². The van der Waals surface area contributed by atoms with Gasteiger partial charge in [0.1, 0.15) is 0 Å². The highest BCUT2D eigenvalue weighted by Crippen LogP contribution is 2.28. The molecule has 0 saturated heterocycles. The molecule has 2 N–H and O–H groups in total. The van der Waals surface area contributed by atoms with Gasteiger partial charge >= 0.3 is 12.0 Å². The summed E-state index contributed by atoms with van der Waals surface area (Å²) in [6.07, 6.45) is 6.90. The first kappa shape index (κ1) is 22.3. The van der Waals surface area contributed by atoms with Gasteiger partial charge in [-0.2, -0.15) is 0 Å². The zero-order valence-corrected chi connectivity index (χ0v) is 17.0. The first-order valence-electron chi connectivity index (χ1n) is 9.60. The van der Waals surface area contributed by atoms with Gasteiger partial charge in [-0.25, -0.2) is 9.59 Å². The van der Waals surface area contributed by atoms with Crippen molar-refractivity contribution in [3.8, 4) is 11.5 Å². The molecule has 1 aromatic carbocycles. The van der Waals surface area contributed by atoms with Crippen LogP contribution in [0.1, 0.15) is 38.2 Å². The highest BCUT2D eigenvalue weighted by atomic mass is 16.5. The van der Waals surface area contributed by atoms with Crippen molar-refractivity contribution in [2.24, 2.45) is 5.92 Å². The minimum atomic E-state index is -0.698. The molecule has 0 radical (unpaired) electrons. The van der Waals surface area contributed by atoms with Crippen molar-refractivity contribution in [3.63, 3.8) is 0 Å². The normalized spacial score (nSPS) is 18.7.